The molecule has 1 atom stereocenters. The standard InChI is InChI=1S/C12H16FNOS/c1-9(14-16(15)12(2,3)4)10-5-7-11(13)8-6-10/h5-8H,1-4H3/b14-9-. The third kappa shape index (κ3) is 3.61. The van der Waals surface area contributed by atoms with Crippen molar-refractivity contribution in [2.24, 2.45) is 4.40 Å². The van der Waals surface area contributed by atoms with Crippen LogP contribution in [0.4, 0.5) is 4.39 Å². The van der Waals surface area contributed by atoms with Crippen molar-refractivity contribution in [3.05, 3.63) is 35.6 Å². The fraction of sp³-hybridized carbons (Fsp3) is 0.417. The molecule has 0 fully saturated rings. The Hall–Kier alpha value is -0.870. The Balaban J connectivity index is 2.89. The quantitative estimate of drug-likeness (QED) is 0.579. The van der Waals surface area contributed by atoms with E-state index in [1.54, 1.807) is 19.1 Å². The summed E-state index contributed by atoms with van der Waals surface area (Å²) in [5.41, 5.74) is 1.45. The molecule has 1 aromatic carbocycles. The van der Waals surface area contributed by atoms with E-state index in [4.69, 9.17) is 0 Å². The van der Waals surface area contributed by atoms with Gasteiger partial charge in [0.15, 0.2) is 0 Å². The normalized spacial score (nSPS) is 15.0. The van der Waals surface area contributed by atoms with Crippen molar-refractivity contribution < 1.29 is 8.94 Å². The van der Waals surface area contributed by atoms with Crippen molar-refractivity contribution in [2.45, 2.75) is 32.4 Å². The molecule has 0 radical (unpaired) electrons. The summed E-state index contributed by atoms with van der Waals surface area (Å²) in [4.78, 5) is 0. The summed E-state index contributed by atoms with van der Waals surface area (Å²) >= 11 is -1.28. The van der Waals surface area contributed by atoms with Crippen LogP contribution in [0.1, 0.15) is 33.3 Å². The van der Waals surface area contributed by atoms with Crippen LogP contribution in [-0.4, -0.2) is 15.0 Å². The van der Waals surface area contributed by atoms with Gasteiger partial charge in [0.05, 0.1) is 5.71 Å². The zero-order chi connectivity index (χ0) is 12.3. The van der Waals surface area contributed by atoms with Crippen LogP contribution in [0, 0.1) is 5.82 Å². The summed E-state index contributed by atoms with van der Waals surface area (Å²) in [5.74, 6) is -0.284. The molecular weight excluding hydrogens is 225 g/mol. The molecule has 88 valence electrons. The van der Waals surface area contributed by atoms with Crippen LogP contribution in [0.3, 0.4) is 0 Å². The summed E-state index contributed by atoms with van der Waals surface area (Å²) in [5, 5.41) is 0. The van der Waals surface area contributed by atoms with Gasteiger partial charge in [0.25, 0.3) is 0 Å². The number of halogens is 1. The SMILES string of the molecule is C/C(=N/[S+]([O-])C(C)(C)C)c1ccc(F)cc1. The number of rotatable bonds is 2. The van der Waals surface area contributed by atoms with Crippen molar-refractivity contribution in [3.8, 4) is 0 Å². The lowest BCUT2D eigenvalue weighted by molar-refractivity contribution is 0.561. The average Bonchev–Trinajstić information content (AvgIpc) is 2.17. The molecule has 1 unspecified atom stereocenters. The first-order valence-corrected chi connectivity index (χ1v) is 6.14. The molecule has 0 bridgehead atoms. The molecule has 0 aromatic heterocycles. The van der Waals surface area contributed by atoms with E-state index in [-0.39, 0.29) is 10.6 Å². The van der Waals surface area contributed by atoms with Crippen molar-refractivity contribution in [1.29, 1.82) is 0 Å². The molecule has 0 amide bonds. The van der Waals surface area contributed by atoms with Gasteiger partial charge in [0.1, 0.15) is 21.9 Å². The number of hydrogen-bond donors (Lipinski definition) is 0. The molecule has 4 heteroatoms. The van der Waals surface area contributed by atoms with Gasteiger partial charge in [-0.1, -0.05) is 16.5 Å². The van der Waals surface area contributed by atoms with Crippen LogP contribution < -0.4 is 0 Å². The molecular formula is C12H16FNOS. The van der Waals surface area contributed by atoms with E-state index in [9.17, 15) is 8.94 Å². The minimum Gasteiger partial charge on any atom is -0.591 e. The zero-order valence-electron chi connectivity index (χ0n) is 9.95. The molecule has 0 aliphatic heterocycles. The predicted molar refractivity (Wildman–Crippen MR) is 66.5 cm³/mol. The molecule has 16 heavy (non-hydrogen) atoms. The molecule has 0 saturated heterocycles. The monoisotopic (exact) mass is 241 g/mol. The Morgan fingerprint density at radius 3 is 2.19 bits per heavy atom. The Kier molecular flexibility index (Phi) is 4.10. The lowest BCUT2D eigenvalue weighted by Gasteiger charge is -2.18. The second-order valence-electron chi connectivity index (χ2n) is 4.55. The Morgan fingerprint density at radius 2 is 1.75 bits per heavy atom. The summed E-state index contributed by atoms with van der Waals surface area (Å²) in [6, 6.07) is 6.00. The van der Waals surface area contributed by atoms with Gasteiger partial charge < -0.3 is 4.55 Å². The first-order chi connectivity index (χ1) is 7.30. The average molecular weight is 241 g/mol. The van der Waals surface area contributed by atoms with Crippen LogP contribution in [-0.2, 0) is 11.4 Å². The minimum atomic E-state index is -1.28. The fourth-order valence-electron chi connectivity index (χ4n) is 1.01. The number of benzene rings is 1. The Morgan fingerprint density at radius 1 is 1.25 bits per heavy atom. The van der Waals surface area contributed by atoms with Crippen LogP contribution in [0.5, 0.6) is 0 Å². The first kappa shape index (κ1) is 13.2. The van der Waals surface area contributed by atoms with Crippen LogP contribution in [0.25, 0.3) is 0 Å². The van der Waals surface area contributed by atoms with Gasteiger partial charge in [0, 0.05) is 5.56 Å². The minimum absolute atomic E-state index is 0.284. The van der Waals surface area contributed by atoms with E-state index in [2.05, 4.69) is 4.40 Å². The van der Waals surface area contributed by atoms with Crippen LogP contribution in [0.2, 0.25) is 0 Å². The van der Waals surface area contributed by atoms with E-state index in [0.29, 0.717) is 5.71 Å². The maximum absolute atomic E-state index is 12.7. The van der Waals surface area contributed by atoms with Gasteiger partial charge in [-0.3, -0.25) is 0 Å². The Labute approximate surface area is 98.9 Å². The van der Waals surface area contributed by atoms with Gasteiger partial charge in [-0.05, 0) is 39.8 Å². The van der Waals surface area contributed by atoms with Crippen LogP contribution in [0.15, 0.2) is 28.7 Å². The van der Waals surface area contributed by atoms with Gasteiger partial charge in [0.2, 0.25) is 0 Å². The van der Waals surface area contributed by atoms with Crippen molar-refractivity contribution in [3.63, 3.8) is 0 Å². The topological polar surface area (TPSA) is 35.4 Å². The van der Waals surface area contributed by atoms with E-state index >= 15 is 0 Å². The molecule has 0 spiro atoms. The van der Waals surface area contributed by atoms with Crippen molar-refractivity contribution in [2.75, 3.05) is 0 Å². The maximum Gasteiger partial charge on any atom is 0.144 e. The van der Waals surface area contributed by atoms with Gasteiger partial charge in [-0.25, -0.2) is 4.39 Å². The van der Waals surface area contributed by atoms with Gasteiger partial charge in [-0.2, -0.15) is 0 Å². The highest BCUT2D eigenvalue weighted by Crippen LogP contribution is 2.18. The highest BCUT2D eigenvalue weighted by Gasteiger charge is 2.26. The molecule has 0 aliphatic rings. The summed E-state index contributed by atoms with van der Waals surface area (Å²) in [6.45, 7) is 7.37. The predicted octanol–water partition coefficient (Wildman–Crippen LogP) is 3.10. The zero-order valence-corrected chi connectivity index (χ0v) is 10.8. The summed E-state index contributed by atoms with van der Waals surface area (Å²) in [6.07, 6.45) is 0. The lowest BCUT2D eigenvalue weighted by atomic mass is 10.1. The fourth-order valence-corrected chi connectivity index (χ4v) is 1.63. The third-order valence-corrected chi connectivity index (χ3v) is 3.49. The lowest BCUT2D eigenvalue weighted by Crippen LogP contribution is -2.26. The Bertz CT molecular complexity index is 381. The van der Waals surface area contributed by atoms with Gasteiger partial charge >= 0.3 is 0 Å². The van der Waals surface area contributed by atoms with E-state index in [1.807, 2.05) is 20.8 Å². The smallest absolute Gasteiger partial charge is 0.144 e. The van der Waals surface area contributed by atoms with E-state index in [1.165, 1.54) is 12.1 Å². The van der Waals surface area contributed by atoms with E-state index < -0.39 is 11.4 Å². The second-order valence-corrected chi connectivity index (χ2v) is 6.45. The number of hydrogen-bond acceptors (Lipinski definition) is 2. The molecule has 2 nitrogen and oxygen atoms in total. The molecule has 0 saturated carbocycles. The highest BCUT2D eigenvalue weighted by molar-refractivity contribution is 7.91. The molecule has 0 heterocycles. The third-order valence-electron chi connectivity index (χ3n) is 2.01. The van der Waals surface area contributed by atoms with Crippen molar-refractivity contribution >= 4 is 17.1 Å². The van der Waals surface area contributed by atoms with E-state index in [0.717, 1.165) is 5.56 Å². The van der Waals surface area contributed by atoms with Crippen LogP contribution >= 0.6 is 0 Å². The molecule has 0 N–H and O–H groups in total. The van der Waals surface area contributed by atoms with Gasteiger partial charge in [-0.15, -0.1) is 0 Å². The second kappa shape index (κ2) is 4.97. The maximum atomic E-state index is 12.7. The molecule has 1 aromatic rings. The number of nitrogens with zero attached hydrogens (tertiary/aromatic N) is 1. The van der Waals surface area contributed by atoms with Crippen molar-refractivity contribution in [1.82, 2.24) is 0 Å². The molecule has 1 rings (SSSR count). The summed E-state index contributed by atoms with van der Waals surface area (Å²) < 4.78 is 28.2. The summed E-state index contributed by atoms with van der Waals surface area (Å²) in [7, 11) is 0. The highest BCUT2D eigenvalue weighted by atomic mass is 32.2. The molecule has 0 aliphatic carbocycles. The largest absolute Gasteiger partial charge is 0.591 e. The first-order valence-electron chi connectivity index (χ1n) is 5.04.